The lowest BCUT2D eigenvalue weighted by molar-refractivity contribution is -0.0504. The maximum absolute atomic E-state index is 11.6. The van der Waals surface area contributed by atoms with Crippen LogP contribution < -0.4 is 0 Å². The maximum Gasteiger partial charge on any atom is 0.264 e. The molecule has 0 amide bonds. The summed E-state index contributed by atoms with van der Waals surface area (Å²) in [6.45, 7) is 9.84. The Labute approximate surface area is 154 Å². The molecular formula is C21H36O3S. The maximum atomic E-state index is 11.6. The van der Waals surface area contributed by atoms with E-state index in [0.29, 0.717) is 17.9 Å². The molecule has 4 heteroatoms. The molecule has 0 saturated heterocycles. The summed E-state index contributed by atoms with van der Waals surface area (Å²) < 4.78 is 28.4. The fourth-order valence-corrected chi connectivity index (χ4v) is 6.81. The Morgan fingerprint density at radius 2 is 1.92 bits per heavy atom. The van der Waals surface area contributed by atoms with Crippen LogP contribution in [0, 0.1) is 28.1 Å². The minimum absolute atomic E-state index is 0.0343. The van der Waals surface area contributed by atoms with E-state index in [2.05, 4.69) is 33.8 Å². The third-order valence-corrected chi connectivity index (χ3v) is 8.51. The first kappa shape index (κ1) is 19.4. The molecular weight excluding hydrogens is 332 g/mol. The highest BCUT2D eigenvalue weighted by Crippen LogP contribution is 2.63. The molecule has 3 nitrogen and oxygen atoms in total. The van der Waals surface area contributed by atoms with Gasteiger partial charge in [-0.05, 0) is 66.6 Å². The summed E-state index contributed by atoms with van der Waals surface area (Å²) in [5, 5.41) is 0. The van der Waals surface area contributed by atoms with Crippen LogP contribution in [0.15, 0.2) is 11.6 Å². The molecule has 3 rings (SSSR count). The van der Waals surface area contributed by atoms with Crippen LogP contribution in [0.25, 0.3) is 0 Å². The number of rotatable bonds is 4. The number of fused-ring (bicyclic) bond motifs is 3. The standard InChI is InChI=1S/C21H36O3S/c1-6-19(2)13-10-17-16(14-19)8-9-18-20(3,15-24-25(5,22)23)11-7-12-21(17,18)4/h10,16,18H,6-9,11-15H2,1-5H3/t16?,18?,19-,20-,21-/m0/s1. The van der Waals surface area contributed by atoms with Crippen LogP contribution in [0.1, 0.15) is 79.1 Å². The van der Waals surface area contributed by atoms with Gasteiger partial charge in [0.05, 0.1) is 12.9 Å². The van der Waals surface area contributed by atoms with Crippen LogP contribution in [0.2, 0.25) is 0 Å². The van der Waals surface area contributed by atoms with Crippen molar-refractivity contribution in [3.8, 4) is 0 Å². The van der Waals surface area contributed by atoms with Crippen LogP contribution in [0.4, 0.5) is 0 Å². The van der Waals surface area contributed by atoms with Gasteiger partial charge in [-0.25, -0.2) is 0 Å². The molecule has 3 aliphatic carbocycles. The second kappa shape index (κ2) is 6.37. The molecule has 2 unspecified atom stereocenters. The third kappa shape index (κ3) is 3.58. The van der Waals surface area contributed by atoms with E-state index in [4.69, 9.17) is 4.18 Å². The molecule has 0 radical (unpaired) electrons. The van der Waals surface area contributed by atoms with Crippen molar-refractivity contribution in [3.05, 3.63) is 11.6 Å². The lowest BCUT2D eigenvalue weighted by Gasteiger charge is -2.59. The third-order valence-electron chi connectivity index (χ3n) is 7.97. The highest BCUT2D eigenvalue weighted by molar-refractivity contribution is 7.85. The average Bonchev–Trinajstić information content (AvgIpc) is 2.52. The Hall–Kier alpha value is -0.350. The molecule has 0 bridgehead atoms. The quantitative estimate of drug-likeness (QED) is 0.498. The van der Waals surface area contributed by atoms with Gasteiger partial charge in [0, 0.05) is 0 Å². The summed E-state index contributed by atoms with van der Waals surface area (Å²) in [5.74, 6) is 1.27. The minimum Gasteiger partial charge on any atom is -0.270 e. The predicted molar refractivity (Wildman–Crippen MR) is 103 cm³/mol. The summed E-state index contributed by atoms with van der Waals surface area (Å²) in [6, 6.07) is 0. The first-order valence-electron chi connectivity index (χ1n) is 10.1. The summed E-state index contributed by atoms with van der Waals surface area (Å²) in [7, 11) is -3.38. The number of allylic oxidation sites excluding steroid dienone is 2. The Kier molecular flexibility index (Phi) is 4.94. The molecule has 5 atom stereocenters. The molecule has 0 heterocycles. The normalized spacial score (nSPS) is 44.6. The van der Waals surface area contributed by atoms with Crippen LogP contribution in [-0.2, 0) is 14.3 Å². The van der Waals surface area contributed by atoms with Gasteiger partial charge in [-0.1, -0.05) is 52.2 Å². The van der Waals surface area contributed by atoms with Crippen LogP contribution in [-0.4, -0.2) is 21.3 Å². The highest BCUT2D eigenvalue weighted by Gasteiger charge is 2.55. The van der Waals surface area contributed by atoms with Crippen molar-refractivity contribution in [2.45, 2.75) is 79.1 Å². The zero-order valence-electron chi connectivity index (χ0n) is 16.7. The topological polar surface area (TPSA) is 43.4 Å². The molecule has 25 heavy (non-hydrogen) atoms. The summed E-state index contributed by atoms with van der Waals surface area (Å²) >= 11 is 0. The molecule has 0 N–H and O–H groups in total. The van der Waals surface area contributed by atoms with Crippen LogP contribution in [0.5, 0.6) is 0 Å². The second-order valence-corrected chi connectivity index (χ2v) is 11.6. The SMILES string of the molecule is CC[C@@]1(C)CC=C2C(CCC3[C@](C)(COS(C)(=O)=O)CCC[C@@]23C)C1. The average molecular weight is 369 g/mol. The Morgan fingerprint density at radius 1 is 1.20 bits per heavy atom. The van der Waals surface area contributed by atoms with Gasteiger partial charge in [0.2, 0.25) is 0 Å². The van der Waals surface area contributed by atoms with Crippen molar-refractivity contribution in [1.29, 1.82) is 0 Å². The Balaban J connectivity index is 1.88. The van der Waals surface area contributed by atoms with E-state index >= 15 is 0 Å². The van der Waals surface area contributed by atoms with E-state index in [-0.39, 0.29) is 10.8 Å². The molecule has 0 spiro atoms. The summed E-state index contributed by atoms with van der Waals surface area (Å²) in [6.07, 6.45) is 13.5. The van der Waals surface area contributed by atoms with E-state index in [1.165, 1.54) is 51.2 Å². The lowest BCUT2D eigenvalue weighted by atomic mass is 9.46. The van der Waals surface area contributed by atoms with E-state index in [1.54, 1.807) is 5.57 Å². The molecule has 0 aromatic rings. The van der Waals surface area contributed by atoms with Crippen molar-refractivity contribution in [2.24, 2.45) is 28.1 Å². The molecule has 2 fully saturated rings. The van der Waals surface area contributed by atoms with Gasteiger partial charge in [-0.3, -0.25) is 4.18 Å². The van der Waals surface area contributed by atoms with Crippen molar-refractivity contribution in [3.63, 3.8) is 0 Å². The fraction of sp³-hybridized carbons (Fsp3) is 0.905. The number of hydrogen-bond donors (Lipinski definition) is 0. The van der Waals surface area contributed by atoms with Crippen molar-refractivity contribution in [1.82, 2.24) is 0 Å². The van der Waals surface area contributed by atoms with Crippen molar-refractivity contribution >= 4 is 10.1 Å². The van der Waals surface area contributed by atoms with Crippen LogP contribution in [0.3, 0.4) is 0 Å². The Morgan fingerprint density at radius 3 is 2.56 bits per heavy atom. The molecule has 2 saturated carbocycles. The first-order valence-corrected chi connectivity index (χ1v) is 11.9. The highest BCUT2D eigenvalue weighted by atomic mass is 32.2. The molecule has 3 aliphatic rings. The van der Waals surface area contributed by atoms with Crippen molar-refractivity contribution in [2.75, 3.05) is 12.9 Å². The van der Waals surface area contributed by atoms with Gasteiger partial charge < -0.3 is 0 Å². The Bertz CT molecular complexity index is 652. The van der Waals surface area contributed by atoms with E-state index < -0.39 is 10.1 Å². The minimum atomic E-state index is -3.38. The number of hydrogen-bond acceptors (Lipinski definition) is 3. The van der Waals surface area contributed by atoms with Gasteiger partial charge in [-0.2, -0.15) is 8.42 Å². The second-order valence-electron chi connectivity index (χ2n) is 9.95. The monoisotopic (exact) mass is 368 g/mol. The smallest absolute Gasteiger partial charge is 0.264 e. The molecule has 0 aliphatic heterocycles. The molecule has 0 aromatic carbocycles. The fourth-order valence-electron chi connectivity index (χ4n) is 6.33. The van der Waals surface area contributed by atoms with Gasteiger partial charge in [-0.15, -0.1) is 0 Å². The summed E-state index contributed by atoms with van der Waals surface area (Å²) in [4.78, 5) is 0. The van der Waals surface area contributed by atoms with Crippen molar-refractivity contribution < 1.29 is 12.6 Å². The van der Waals surface area contributed by atoms with Gasteiger partial charge >= 0.3 is 0 Å². The molecule has 0 aromatic heterocycles. The van der Waals surface area contributed by atoms with E-state index in [9.17, 15) is 8.42 Å². The van der Waals surface area contributed by atoms with Gasteiger partial charge in [0.15, 0.2) is 0 Å². The van der Waals surface area contributed by atoms with Gasteiger partial charge in [0.25, 0.3) is 10.1 Å². The lowest BCUT2D eigenvalue weighted by Crippen LogP contribution is -2.51. The van der Waals surface area contributed by atoms with E-state index in [0.717, 1.165) is 12.3 Å². The largest absolute Gasteiger partial charge is 0.270 e. The zero-order chi connectivity index (χ0) is 18.5. The van der Waals surface area contributed by atoms with Crippen LogP contribution >= 0.6 is 0 Å². The molecule has 144 valence electrons. The van der Waals surface area contributed by atoms with E-state index in [1.807, 2.05) is 0 Å². The first-order chi connectivity index (χ1) is 11.5. The zero-order valence-corrected chi connectivity index (χ0v) is 17.5. The predicted octanol–water partition coefficient (Wildman–Crippen LogP) is 5.32. The summed E-state index contributed by atoms with van der Waals surface area (Å²) in [5.41, 5.74) is 2.36. The van der Waals surface area contributed by atoms with Gasteiger partial charge in [0.1, 0.15) is 0 Å².